The van der Waals surface area contributed by atoms with Crippen LogP contribution in [0.2, 0.25) is 0 Å². The van der Waals surface area contributed by atoms with Crippen LogP contribution >= 0.6 is 31.9 Å². The molecule has 0 amide bonds. The van der Waals surface area contributed by atoms with E-state index in [1.54, 1.807) is 60.7 Å². The van der Waals surface area contributed by atoms with E-state index >= 15 is 0 Å². The van der Waals surface area contributed by atoms with E-state index in [2.05, 4.69) is 94.0 Å². The van der Waals surface area contributed by atoms with Crippen LogP contribution in [0.15, 0.2) is 182 Å². The summed E-state index contributed by atoms with van der Waals surface area (Å²) in [7, 11) is -4.83. The first-order valence-corrected chi connectivity index (χ1v) is 24.5. The zero-order valence-electron chi connectivity index (χ0n) is 28.5. The average molecular weight is 1160 g/mol. The molecular formula is C41H41Au2Cl2O4P3-4. The Labute approximate surface area is 349 Å². The molecule has 2 radical (unpaired) electrons. The number of halogens is 2. The van der Waals surface area contributed by atoms with Gasteiger partial charge in [0.05, 0.1) is 0 Å². The maximum absolute atomic E-state index is 11.1. The van der Waals surface area contributed by atoms with Crippen LogP contribution in [0.25, 0.3) is 0 Å². The number of hydrogen-bond acceptors (Lipinski definition) is 4. The molecule has 0 fully saturated rings. The van der Waals surface area contributed by atoms with E-state index in [1.165, 1.54) is 10.6 Å². The van der Waals surface area contributed by atoms with Crippen LogP contribution in [0.5, 0.6) is 0 Å². The van der Waals surface area contributed by atoms with Gasteiger partial charge in [0, 0.05) is 44.8 Å². The molecule has 0 bridgehead atoms. The fourth-order valence-corrected chi connectivity index (χ4v) is 13.6. The van der Waals surface area contributed by atoms with Gasteiger partial charge in [0.2, 0.25) is 0 Å². The third-order valence-corrected chi connectivity index (χ3v) is 19.2. The molecule has 4 nitrogen and oxygen atoms in total. The van der Waals surface area contributed by atoms with Gasteiger partial charge in [0.25, 0.3) is 0 Å². The van der Waals surface area contributed by atoms with Gasteiger partial charge in [-0.05, 0) is 25.2 Å². The Morgan fingerprint density at radius 3 is 0.942 bits per heavy atom. The van der Waals surface area contributed by atoms with Gasteiger partial charge in [-0.1, -0.05) is 60.7 Å². The Morgan fingerprint density at radius 1 is 0.462 bits per heavy atom. The molecule has 0 spiro atoms. The van der Waals surface area contributed by atoms with E-state index in [1.807, 2.05) is 60.7 Å². The van der Waals surface area contributed by atoms with Gasteiger partial charge in [-0.3, -0.25) is 0 Å². The fraction of sp³-hybridized carbons (Fsp3) is 0.0244. The molecule has 0 unspecified atom stereocenters. The molecule has 6 aromatic carbocycles. The van der Waals surface area contributed by atoms with Crippen molar-refractivity contribution in [1.29, 1.82) is 0 Å². The van der Waals surface area contributed by atoms with Crippen LogP contribution in [0.1, 0.15) is 0 Å². The molecule has 284 valence electrons. The molecule has 0 heterocycles. The molecular weight excluding hydrogens is 1110 g/mol. The van der Waals surface area contributed by atoms with Crippen LogP contribution in [0, 0.1) is 36.9 Å². The summed E-state index contributed by atoms with van der Waals surface area (Å²) in [5.74, 6) is -2.96. The van der Waals surface area contributed by atoms with Crippen molar-refractivity contribution in [1.82, 2.24) is 0 Å². The summed E-state index contributed by atoms with van der Waals surface area (Å²) in [6.07, 6.45) is 0. The van der Waals surface area contributed by atoms with Crippen LogP contribution in [0.3, 0.4) is 0 Å². The molecule has 0 aliphatic rings. The molecule has 0 aliphatic heterocycles. The molecule has 0 saturated heterocycles. The van der Waals surface area contributed by atoms with Crippen LogP contribution < -0.4 is 45.8 Å². The second-order valence-corrected chi connectivity index (χ2v) is 25.3. The zero-order valence-corrected chi connectivity index (χ0v) is 37.0. The van der Waals surface area contributed by atoms with Crippen LogP contribution in [-0.2, 0) is 48.8 Å². The van der Waals surface area contributed by atoms with Crippen molar-refractivity contribution in [3.8, 4) is 0 Å². The van der Waals surface area contributed by atoms with Crippen molar-refractivity contribution in [2.24, 2.45) is 0 Å². The van der Waals surface area contributed by atoms with Gasteiger partial charge in [-0.15, -0.1) is 0 Å². The minimum absolute atomic E-state index is 0. The predicted molar refractivity (Wildman–Crippen MR) is 212 cm³/mol. The van der Waals surface area contributed by atoms with Gasteiger partial charge in [-0.25, -0.2) is 0 Å². The van der Waals surface area contributed by atoms with Crippen molar-refractivity contribution in [3.63, 3.8) is 0 Å². The van der Waals surface area contributed by atoms with Gasteiger partial charge in [0.15, 0.2) is 0 Å². The maximum atomic E-state index is 11.1. The summed E-state index contributed by atoms with van der Waals surface area (Å²) in [5.41, 5.74) is 0. The standard InChI is InChI=1S/C14H14ClO4P.C14H14ClP.C13H13P.2Au/c1-20(2,19-15(16,17)18,13-9-5-3-6-10-13)14-11-7-4-8-12-14;1-16(2,15,13-9-5-3-6-10-13)14-11-7-4-8-12-14;1-14(12-8-4-2-5-9-12)13-10-6-3-7-11-13;;/h3-12H,1-2H2;3-12H,1-2H2;2-11H,1H3;;/q2*-2;;;. The van der Waals surface area contributed by atoms with E-state index in [0.29, 0.717) is 10.6 Å². The SMILES string of the molecule is CP(c1ccccc1)c1ccccc1.[Au].[Au].[CH2-]P([CH2-])(Cl)(c1ccccc1)c1ccccc1.[CH2-]P([CH2-])(O[Cl+3]([O-])([O-])[O-])(c1ccccc1)c1ccccc1. The normalized spacial score (nSPS) is 12.7. The third kappa shape index (κ3) is 12.5. The summed E-state index contributed by atoms with van der Waals surface area (Å²) in [6.45, 7) is 14.6. The summed E-state index contributed by atoms with van der Waals surface area (Å²) in [6, 6.07) is 58.3. The summed E-state index contributed by atoms with van der Waals surface area (Å²) in [5, 5.41) is 5.87. The van der Waals surface area contributed by atoms with Gasteiger partial charge < -0.3 is 0 Å². The van der Waals surface area contributed by atoms with Crippen molar-refractivity contribution in [3.05, 3.63) is 209 Å². The zero-order chi connectivity index (χ0) is 36.4. The van der Waals surface area contributed by atoms with E-state index < -0.39 is 23.0 Å². The molecule has 0 aromatic heterocycles. The Morgan fingerprint density at radius 2 is 0.692 bits per heavy atom. The van der Waals surface area contributed by atoms with Gasteiger partial charge in [-0.2, -0.15) is 0 Å². The predicted octanol–water partition coefficient (Wildman–Crippen LogP) is 6.27. The molecule has 0 aliphatic carbocycles. The Bertz CT molecular complexity index is 1770. The number of hydrogen-bond donors (Lipinski definition) is 0. The second-order valence-electron chi connectivity index (χ2n) is 11.8. The first-order chi connectivity index (χ1) is 23.6. The quantitative estimate of drug-likeness (QED) is 0.102. The Hall–Kier alpha value is -1.49. The Balaban J connectivity index is 0.000000269. The number of benzene rings is 6. The van der Waals surface area contributed by atoms with Crippen molar-refractivity contribution < 1.29 is 73.1 Å². The first-order valence-electron chi connectivity index (χ1n) is 15.5. The van der Waals surface area contributed by atoms with Gasteiger partial charge in [0.1, 0.15) is 0 Å². The van der Waals surface area contributed by atoms with E-state index in [0.717, 1.165) is 10.6 Å². The van der Waals surface area contributed by atoms with Crippen LogP contribution in [-0.4, -0.2) is 6.66 Å². The van der Waals surface area contributed by atoms with E-state index in [9.17, 15) is 14.0 Å². The van der Waals surface area contributed by atoms with Crippen molar-refractivity contribution in [2.45, 2.75) is 0 Å². The number of rotatable bonds is 8. The minimum atomic E-state index is -4.66. The molecule has 11 heteroatoms. The van der Waals surface area contributed by atoms with Crippen LogP contribution in [0.4, 0.5) is 0 Å². The third-order valence-electron chi connectivity index (χ3n) is 7.95. The summed E-state index contributed by atoms with van der Waals surface area (Å²) in [4.78, 5) is 0. The van der Waals surface area contributed by atoms with Crippen molar-refractivity contribution in [2.75, 3.05) is 6.66 Å². The molecule has 0 N–H and O–H groups in total. The summed E-state index contributed by atoms with van der Waals surface area (Å²) < 4.78 is 38.3. The molecule has 6 aromatic rings. The summed E-state index contributed by atoms with van der Waals surface area (Å²) >= 11 is 6.75. The fourth-order valence-electron chi connectivity index (χ4n) is 5.12. The van der Waals surface area contributed by atoms with E-state index in [-0.39, 0.29) is 52.7 Å². The second kappa shape index (κ2) is 19.9. The topological polar surface area (TPSA) is 78.4 Å². The monoisotopic (exact) mass is 1150 g/mol. The van der Waals surface area contributed by atoms with Gasteiger partial charge >= 0.3 is 222 Å². The Kier molecular flexibility index (Phi) is 17.9. The molecule has 0 atom stereocenters. The molecule has 0 saturated carbocycles. The molecule has 6 rings (SSSR count). The average Bonchev–Trinajstić information content (AvgIpc) is 3.13. The van der Waals surface area contributed by atoms with E-state index in [4.69, 9.17) is 15.3 Å². The first kappa shape index (κ1) is 46.7. The van der Waals surface area contributed by atoms with Crippen molar-refractivity contribution >= 4 is 63.8 Å². The molecule has 52 heavy (non-hydrogen) atoms.